The van der Waals surface area contributed by atoms with Gasteiger partial charge in [-0.3, -0.25) is 4.79 Å². The Kier molecular flexibility index (Phi) is 5.44. The summed E-state index contributed by atoms with van der Waals surface area (Å²) in [6, 6.07) is 8.41. The standard InChI is InChI=1S/C16H23ClN2O/c1-3-8-18-16(20)11(2)19-15-9-13(10-15)12-4-6-14(17)7-5-12/h4-7,11,13,15,19H,3,8-10H2,1-2H3,(H,18,20). The fourth-order valence-corrected chi connectivity index (χ4v) is 2.72. The van der Waals surface area contributed by atoms with Crippen LogP contribution in [0.5, 0.6) is 0 Å². The van der Waals surface area contributed by atoms with Crippen molar-refractivity contribution in [2.75, 3.05) is 6.54 Å². The van der Waals surface area contributed by atoms with Crippen LogP contribution in [-0.2, 0) is 4.79 Å². The first-order valence-electron chi connectivity index (χ1n) is 7.39. The first-order valence-corrected chi connectivity index (χ1v) is 7.77. The molecule has 0 spiro atoms. The fourth-order valence-electron chi connectivity index (χ4n) is 2.59. The Morgan fingerprint density at radius 1 is 1.35 bits per heavy atom. The molecule has 110 valence electrons. The Hall–Kier alpha value is -1.06. The first kappa shape index (κ1) is 15.3. The van der Waals surface area contributed by atoms with Crippen LogP contribution >= 0.6 is 11.6 Å². The second-order valence-corrected chi connectivity index (χ2v) is 6.03. The largest absolute Gasteiger partial charge is 0.355 e. The van der Waals surface area contributed by atoms with Gasteiger partial charge in [0.05, 0.1) is 6.04 Å². The van der Waals surface area contributed by atoms with Gasteiger partial charge in [-0.05, 0) is 49.8 Å². The van der Waals surface area contributed by atoms with Crippen LogP contribution in [0.15, 0.2) is 24.3 Å². The van der Waals surface area contributed by atoms with Gasteiger partial charge < -0.3 is 10.6 Å². The van der Waals surface area contributed by atoms with Crippen molar-refractivity contribution in [3.63, 3.8) is 0 Å². The quantitative estimate of drug-likeness (QED) is 0.846. The van der Waals surface area contributed by atoms with E-state index in [0.717, 1.165) is 30.8 Å². The molecule has 1 amide bonds. The molecule has 0 aliphatic heterocycles. The van der Waals surface area contributed by atoms with Crippen LogP contribution in [0.3, 0.4) is 0 Å². The van der Waals surface area contributed by atoms with Crippen LogP contribution in [0.25, 0.3) is 0 Å². The molecule has 2 N–H and O–H groups in total. The fraction of sp³-hybridized carbons (Fsp3) is 0.562. The molecule has 0 aromatic heterocycles. The summed E-state index contributed by atoms with van der Waals surface area (Å²) in [6.45, 7) is 4.74. The maximum Gasteiger partial charge on any atom is 0.236 e. The van der Waals surface area contributed by atoms with E-state index >= 15 is 0 Å². The van der Waals surface area contributed by atoms with Gasteiger partial charge in [-0.25, -0.2) is 0 Å². The minimum Gasteiger partial charge on any atom is -0.355 e. The van der Waals surface area contributed by atoms with Gasteiger partial charge >= 0.3 is 0 Å². The van der Waals surface area contributed by atoms with Gasteiger partial charge in [0.2, 0.25) is 5.91 Å². The van der Waals surface area contributed by atoms with Crippen molar-refractivity contribution in [3.8, 4) is 0 Å². The highest BCUT2D eigenvalue weighted by Gasteiger charge is 2.31. The lowest BCUT2D eigenvalue weighted by Crippen LogP contribution is -2.50. The lowest BCUT2D eigenvalue weighted by atomic mass is 9.75. The van der Waals surface area contributed by atoms with Crippen molar-refractivity contribution >= 4 is 17.5 Å². The van der Waals surface area contributed by atoms with E-state index in [9.17, 15) is 4.79 Å². The molecule has 1 aromatic carbocycles. The van der Waals surface area contributed by atoms with Crippen molar-refractivity contribution in [2.45, 2.75) is 51.1 Å². The minimum absolute atomic E-state index is 0.0989. The summed E-state index contributed by atoms with van der Waals surface area (Å²) in [6.07, 6.45) is 3.15. The number of amides is 1. The van der Waals surface area contributed by atoms with Crippen molar-refractivity contribution in [1.29, 1.82) is 0 Å². The number of carbonyl (C=O) groups excluding carboxylic acids is 1. The van der Waals surface area contributed by atoms with Crippen molar-refractivity contribution in [2.24, 2.45) is 0 Å². The van der Waals surface area contributed by atoms with E-state index < -0.39 is 0 Å². The third kappa shape index (κ3) is 3.97. The summed E-state index contributed by atoms with van der Waals surface area (Å²) in [4.78, 5) is 11.8. The number of hydrogen-bond donors (Lipinski definition) is 2. The SMILES string of the molecule is CCCNC(=O)C(C)NC1CC(c2ccc(Cl)cc2)C1. The maximum atomic E-state index is 11.8. The monoisotopic (exact) mass is 294 g/mol. The van der Waals surface area contributed by atoms with E-state index in [0.29, 0.717) is 12.0 Å². The predicted octanol–water partition coefficient (Wildman–Crippen LogP) is 3.09. The average Bonchev–Trinajstić information content (AvgIpc) is 2.40. The van der Waals surface area contributed by atoms with Gasteiger partial charge in [0.15, 0.2) is 0 Å². The van der Waals surface area contributed by atoms with Crippen LogP contribution in [0.4, 0.5) is 0 Å². The van der Waals surface area contributed by atoms with Crippen LogP contribution < -0.4 is 10.6 Å². The van der Waals surface area contributed by atoms with E-state index in [-0.39, 0.29) is 11.9 Å². The summed E-state index contributed by atoms with van der Waals surface area (Å²) in [5.41, 5.74) is 1.34. The Bertz CT molecular complexity index is 440. The number of rotatable bonds is 6. The van der Waals surface area contributed by atoms with E-state index in [2.05, 4.69) is 29.7 Å². The molecule has 2 rings (SSSR count). The van der Waals surface area contributed by atoms with Crippen LogP contribution in [0, 0.1) is 0 Å². The molecule has 1 unspecified atom stereocenters. The summed E-state index contributed by atoms with van der Waals surface area (Å²) in [7, 11) is 0. The molecule has 1 aromatic rings. The third-order valence-corrected chi connectivity index (χ3v) is 4.16. The summed E-state index contributed by atoms with van der Waals surface area (Å²) in [5.74, 6) is 0.692. The molecule has 4 heteroatoms. The molecular formula is C16H23ClN2O. The maximum absolute atomic E-state index is 11.8. The lowest BCUT2D eigenvalue weighted by molar-refractivity contribution is -0.123. The molecular weight excluding hydrogens is 272 g/mol. The second kappa shape index (κ2) is 7.09. The molecule has 0 saturated heterocycles. The molecule has 1 aliphatic carbocycles. The zero-order valence-corrected chi connectivity index (χ0v) is 12.9. The highest BCUT2D eigenvalue weighted by Crippen LogP contribution is 2.37. The second-order valence-electron chi connectivity index (χ2n) is 5.60. The number of nitrogens with one attached hydrogen (secondary N) is 2. The Morgan fingerprint density at radius 3 is 2.60 bits per heavy atom. The lowest BCUT2D eigenvalue weighted by Gasteiger charge is -2.37. The molecule has 20 heavy (non-hydrogen) atoms. The minimum atomic E-state index is -0.113. The highest BCUT2D eigenvalue weighted by atomic mass is 35.5. The Labute approximate surface area is 126 Å². The number of benzene rings is 1. The molecule has 1 saturated carbocycles. The van der Waals surface area contributed by atoms with Gasteiger partial charge in [-0.2, -0.15) is 0 Å². The number of halogens is 1. The van der Waals surface area contributed by atoms with Gasteiger partial charge in [-0.15, -0.1) is 0 Å². The van der Waals surface area contributed by atoms with Crippen molar-refractivity contribution in [3.05, 3.63) is 34.9 Å². The topological polar surface area (TPSA) is 41.1 Å². The smallest absolute Gasteiger partial charge is 0.236 e. The van der Waals surface area contributed by atoms with Crippen molar-refractivity contribution in [1.82, 2.24) is 10.6 Å². The van der Waals surface area contributed by atoms with Crippen LogP contribution in [-0.4, -0.2) is 24.5 Å². The summed E-state index contributed by atoms with van der Waals surface area (Å²) in [5, 5.41) is 7.10. The molecule has 1 fully saturated rings. The molecule has 3 nitrogen and oxygen atoms in total. The van der Waals surface area contributed by atoms with E-state index in [1.165, 1.54) is 5.56 Å². The zero-order valence-electron chi connectivity index (χ0n) is 12.2. The van der Waals surface area contributed by atoms with Gasteiger partial charge in [0, 0.05) is 17.6 Å². The molecule has 0 bridgehead atoms. The normalized spacial score (nSPS) is 22.9. The molecule has 1 aliphatic rings. The van der Waals surface area contributed by atoms with Gasteiger partial charge in [0.25, 0.3) is 0 Å². The third-order valence-electron chi connectivity index (χ3n) is 3.91. The Balaban J connectivity index is 1.73. The van der Waals surface area contributed by atoms with E-state index in [4.69, 9.17) is 11.6 Å². The average molecular weight is 295 g/mol. The summed E-state index contributed by atoms with van der Waals surface area (Å²) >= 11 is 5.89. The van der Waals surface area contributed by atoms with Crippen molar-refractivity contribution < 1.29 is 4.79 Å². The first-order chi connectivity index (χ1) is 9.60. The number of carbonyl (C=O) groups is 1. The van der Waals surface area contributed by atoms with Crippen LogP contribution in [0.1, 0.15) is 44.6 Å². The highest BCUT2D eigenvalue weighted by molar-refractivity contribution is 6.30. The van der Waals surface area contributed by atoms with Gasteiger partial charge in [-0.1, -0.05) is 30.7 Å². The van der Waals surface area contributed by atoms with Crippen LogP contribution in [0.2, 0.25) is 5.02 Å². The number of hydrogen-bond acceptors (Lipinski definition) is 2. The van der Waals surface area contributed by atoms with E-state index in [1.807, 2.05) is 19.1 Å². The Morgan fingerprint density at radius 2 is 2.00 bits per heavy atom. The predicted molar refractivity (Wildman–Crippen MR) is 83.1 cm³/mol. The molecule has 1 atom stereocenters. The zero-order chi connectivity index (χ0) is 14.5. The molecule has 0 radical (unpaired) electrons. The summed E-state index contributed by atoms with van der Waals surface area (Å²) < 4.78 is 0. The molecule has 0 heterocycles. The van der Waals surface area contributed by atoms with Gasteiger partial charge in [0.1, 0.15) is 0 Å². The van der Waals surface area contributed by atoms with E-state index in [1.54, 1.807) is 0 Å².